The van der Waals surface area contributed by atoms with Gasteiger partial charge < -0.3 is 19.5 Å². The smallest absolute Gasteiger partial charge is 0.266 e. The molecule has 6 nitrogen and oxygen atoms in total. The van der Waals surface area contributed by atoms with Crippen LogP contribution >= 0.6 is 0 Å². The van der Waals surface area contributed by atoms with Crippen molar-refractivity contribution in [3.05, 3.63) is 89.0 Å². The normalized spacial score (nSPS) is 10.8. The molecule has 0 heterocycles. The molecule has 1 N–H and O–H groups in total. The van der Waals surface area contributed by atoms with Crippen molar-refractivity contribution in [3.8, 4) is 23.3 Å². The highest BCUT2D eigenvalue weighted by Crippen LogP contribution is 2.29. The van der Waals surface area contributed by atoms with Gasteiger partial charge in [-0.3, -0.25) is 4.79 Å². The number of hydrogen-bond acceptors (Lipinski definition) is 5. The van der Waals surface area contributed by atoms with Gasteiger partial charge in [-0.25, -0.2) is 0 Å². The standard InChI is InChI=1S/C28H28N2O4/c1-4-15-33-26-14-9-22(17-27(26)32-3)16-23(18-29)28(31)30-24-10-12-25(13-11-24)34-19-21-7-5-20(2)6-8-21/h5-14,16-17H,4,15,19H2,1-3H3,(H,30,31)/b23-16+. The Hall–Kier alpha value is -4.24. The molecule has 0 radical (unpaired) electrons. The molecule has 0 fully saturated rings. The second kappa shape index (κ2) is 12.1. The lowest BCUT2D eigenvalue weighted by atomic mass is 10.1. The minimum Gasteiger partial charge on any atom is -0.493 e. The van der Waals surface area contributed by atoms with Gasteiger partial charge in [-0.2, -0.15) is 5.26 Å². The van der Waals surface area contributed by atoms with E-state index in [0.29, 0.717) is 41.7 Å². The van der Waals surface area contributed by atoms with Crippen LogP contribution in [0.3, 0.4) is 0 Å². The summed E-state index contributed by atoms with van der Waals surface area (Å²) in [4.78, 5) is 12.6. The molecule has 6 heteroatoms. The highest BCUT2D eigenvalue weighted by molar-refractivity contribution is 6.09. The first-order valence-corrected chi connectivity index (χ1v) is 11.0. The third kappa shape index (κ3) is 6.88. The fourth-order valence-electron chi connectivity index (χ4n) is 3.10. The molecule has 174 valence electrons. The molecule has 0 aromatic heterocycles. The van der Waals surface area contributed by atoms with Crippen molar-refractivity contribution >= 4 is 17.7 Å². The molecule has 0 atom stereocenters. The third-order valence-corrected chi connectivity index (χ3v) is 4.96. The van der Waals surface area contributed by atoms with E-state index in [1.165, 1.54) is 11.6 Å². The average Bonchev–Trinajstić information content (AvgIpc) is 2.86. The number of carbonyl (C=O) groups excluding carboxylic acids is 1. The summed E-state index contributed by atoms with van der Waals surface area (Å²) in [5.74, 6) is 1.35. The van der Waals surface area contributed by atoms with E-state index in [-0.39, 0.29) is 5.57 Å². The number of ether oxygens (including phenoxy) is 3. The fourth-order valence-corrected chi connectivity index (χ4v) is 3.10. The number of benzene rings is 3. The van der Waals surface area contributed by atoms with Gasteiger partial charge in [0, 0.05) is 5.69 Å². The molecule has 34 heavy (non-hydrogen) atoms. The van der Waals surface area contributed by atoms with Crippen LogP contribution in [0, 0.1) is 18.3 Å². The van der Waals surface area contributed by atoms with Crippen LogP contribution in [0.4, 0.5) is 5.69 Å². The van der Waals surface area contributed by atoms with Crippen molar-refractivity contribution < 1.29 is 19.0 Å². The van der Waals surface area contributed by atoms with Crippen molar-refractivity contribution in [2.45, 2.75) is 26.9 Å². The number of aryl methyl sites for hydroxylation is 1. The van der Waals surface area contributed by atoms with E-state index < -0.39 is 5.91 Å². The number of hydrogen-bond donors (Lipinski definition) is 1. The molecule has 3 aromatic rings. The summed E-state index contributed by atoms with van der Waals surface area (Å²) >= 11 is 0. The van der Waals surface area contributed by atoms with Crippen LogP contribution in [-0.4, -0.2) is 19.6 Å². The second-order valence-corrected chi connectivity index (χ2v) is 7.68. The minimum atomic E-state index is -0.499. The Bertz CT molecular complexity index is 1180. The minimum absolute atomic E-state index is 0.0241. The highest BCUT2D eigenvalue weighted by atomic mass is 16.5. The Morgan fingerprint density at radius 1 is 1.00 bits per heavy atom. The largest absolute Gasteiger partial charge is 0.493 e. The zero-order chi connectivity index (χ0) is 24.3. The molecule has 0 aliphatic rings. The predicted octanol–water partition coefficient (Wildman–Crippen LogP) is 5.92. The molecule has 1 amide bonds. The highest BCUT2D eigenvalue weighted by Gasteiger charge is 2.11. The SMILES string of the molecule is CCCOc1ccc(/C=C(\C#N)C(=O)Nc2ccc(OCc3ccc(C)cc3)cc2)cc1OC. The van der Waals surface area contributed by atoms with Gasteiger partial charge in [0.2, 0.25) is 0 Å². The van der Waals surface area contributed by atoms with E-state index >= 15 is 0 Å². The number of nitrogens with one attached hydrogen (secondary N) is 1. The molecule has 0 spiro atoms. The molecular formula is C28H28N2O4. The van der Waals surface area contributed by atoms with Crippen LogP contribution in [0.25, 0.3) is 6.08 Å². The third-order valence-electron chi connectivity index (χ3n) is 4.96. The maximum Gasteiger partial charge on any atom is 0.266 e. The Kier molecular flexibility index (Phi) is 8.70. The number of methoxy groups -OCH3 is 1. The summed E-state index contributed by atoms with van der Waals surface area (Å²) in [5.41, 5.74) is 3.48. The lowest BCUT2D eigenvalue weighted by Gasteiger charge is -2.11. The van der Waals surface area contributed by atoms with Crippen molar-refractivity contribution in [2.75, 3.05) is 19.0 Å². The Balaban J connectivity index is 1.63. The van der Waals surface area contributed by atoms with Gasteiger partial charge in [-0.05, 0) is 66.9 Å². The number of nitrogens with zero attached hydrogens (tertiary/aromatic N) is 1. The van der Waals surface area contributed by atoms with Crippen LogP contribution in [0.15, 0.2) is 72.3 Å². The average molecular weight is 457 g/mol. The molecule has 3 rings (SSSR count). The van der Waals surface area contributed by atoms with Crippen molar-refractivity contribution in [1.29, 1.82) is 5.26 Å². The fraction of sp³-hybridized carbons (Fsp3) is 0.214. The van der Waals surface area contributed by atoms with Crippen LogP contribution in [-0.2, 0) is 11.4 Å². The number of anilines is 1. The first kappa shape index (κ1) is 24.4. The first-order valence-electron chi connectivity index (χ1n) is 11.0. The molecule has 0 unspecified atom stereocenters. The molecule has 0 saturated heterocycles. The van der Waals surface area contributed by atoms with Gasteiger partial charge in [0.15, 0.2) is 11.5 Å². The molecule has 0 aliphatic heterocycles. The summed E-state index contributed by atoms with van der Waals surface area (Å²) in [6, 6.07) is 22.4. The number of nitriles is 1. The maximum absolute atomic E-state index is 12.6. The summed E-state index contributed by atoms with van der Waals surface area (Å²) < 4.78 is 16.8. The van der Waals surface area contributed by atoms with Crippen LogP contribution in [0.2, 0.25) is 0 Å². The Morgan fingerprint density at radius 2 is 1.74 bits per heavy atom. The zero-order valence-electron chi connectivity index (χ0n) is 19.6. The van der Waals surface area contributed by atoms with Gasteiger partial charge in [0.1, 0.15) is 24.0 Å². The van der Waals surface area contributed by atoms with Crippen molar-refractivity contribution in [3.63, 3.8) is 0 Å². The summed E-state index contributed by atoms with van der Waals surface area (Å²) in [6.45, 7) is 5.10. The first-order chi connectivity index (χ1) is 16.5. The van der Waals surface area contributed by atoms with Crippen LogP contribution in [0.1, 0.15) is 30.0 Å². The van der Waals surface area contributed by atoms with E-state index in [1.807, 2.05) is 44.2 Å². The molecule has 3 aromatic carbocycles. The van der Waals surface area contributed by atoms with Crippen molar-refractivity contribution in [1.82, 2.24) is 0 Å². The molecular weight excluding hydrogens is 428 g/mol. The van der Waals surface area contributed by atoms with E-state index in [2.05, 4.69) is 5.32 Å². The molecule has 0 aliphatic carbocycles. The zero-order valence-corrected chi connectivity index (χ0v) is 19.6. The molecule has 0 saturated carbocycles. The number of rotatable bonds is 10. The van der Waals surface area contributed by atoms with E-state index in [9.17, 15) is 10.1 Å². The van der Waals surface area contributed by atoms with Crippen LogP contribution in [0.5, 0.6) is 17.2 Å². The van der Waals surface area contributed by atoms with E-state index in [1.54, 1.807) is 49.6 Å². The number of carbonyl (C=O) groups is 1. The van der Waals surface area contributed by atoms with Crippen molar-refractivity contribution in [2.24, 2.45) is 0 Å². The van der Waals surface area contributed by atoms with E-state index in [0.717, 1.165) is 12.0 Å². The number of amides is 1. The van der Waals surface area contributed by atoms with Crippen LogP contribution < -0.4 is 19.5 Å². The lowest BCUT2D eigenvalue weighted by Crippen LogP contribution is -2.13. The predicted molar refractivity (Wildman–Crippen MR) is 133 cm³/mol. The quantitative estimate of drug-likeness (QED) is 0.303. The molecule has 0 bridgehead atoms. The maximum atomic E-state index is 12.6. The summed E-state index contributed by atoms with van der Waals surface area (Å²) in [7, 11) is 1.55. The van der Waals surface area contributed by atoms with Gasteiger partial charge >= 0.3 is 0 Å². The lowest BCUT2D eigenvalue weighted by molar-refractivity contribution is -0.112. The Morgan fingerprint density at radius 3 is 2.38 bits per heavy atom. The Labute approximate surface area is 200 Å². The van der Waals surface area contributed by atoms with E-state index in [4.69, 9.17) is 14.2 Å². The van der Waals surface area contributed by atoms with Gasteiger partial charge in [0.25, 0.3) is 5.91 Å². The monoisotopic (exact) mass is 456 g/mol. The topological polar surface area (TPSA) is 80.6 Å². The van der Waals surface area contributed by atoms with Gasteiger partial charge in [-0.1, -0.05) is 42.8 Å². The van der Waals surface area contributed by atoms with Gasteiger partial charge in [-0.15, -0.1) is 0 Å². The summed E-state index contributed by atoms with van der Waals surface area (Å²) in [6.07, 6.45) is 2.39. The van der Waals surface area contributed by atoms with Gasteiger partial charge in [0.05, 0.1) is 13.7 Å². The second-order valence-electron chi connectivity index (χ2n) is 7.68. The summed E-state index contributed by atoms with van der Waals surface area (Å²) in [5, 5.41) is 12.3.